The summed E-state index contributed by atoms with van der Waals surface area (Å²) in [6.07, 6.45) is 0. The molecule has 0 saturated carbocycles. The molecule has 0 N–H and O–H groups in total. The molecule has 0 amide bonds. The van der Waals surface area contributed by atoms with Gasteiger partial charge in [0, 0.05) is 6.07 Å². The summed E-state index contributed by atoms with van der Waals surface area (Å²) in [6, 6.07) is 13.2. The first-order chi connectivity index (χ1) is 10.2. The Balaban J connectivity index is 2.23. The van der Waals surface area contributed by atoms with Crippen molar-refractivity contribution in [3.05, 3.63) is 64.4 Å². The van der Waals surface area contributed by atoms with E-state index in [1.54, 1.807) is 24.3 Å². The Morgan fingerprint density at radius 3 is 2.67 bits per heavy atom. The monoisotopic (exact) mass is 278 g/mol. The van der Waals surface area contributed by atoms with Crippen LogP contribution in [0.2, 0.25) is 0 Å². The van der Waals surface area contributed by atoms with Gasteiger partial charge in [0.25, 0.3) is 11.5 Å². The maximum Gasteiger partial charge on any atom is 0.276 e. The zero-order valence-electron chi connectivity index (χ0n) is 11.2. The van der Waals surface area contributed by atoms with E-state index >= 15 is 0 Å². The number of rotatable bonds is 2. The molecule has 1 aliphatic heterocycles. The van der Waals surface area contributed by atoms with Crippen LogP contribution in [0.15, 0.2) is 42.5 Å². The molecule has 3 rings (SSSR count). The second-order valence-electron chi connectivity index (χ2n) is 4.52. The van der Waals surface area contributed by atoms with Gasteiger partial charge >= 0.3 is 0 Å². The van der Waals surface area contributed by atoms with Crippen molar-refractivity contribution in [3.63, 3.8) is 0 Å². The highest BCUT2D eigenvalue weighted by Gasteiger charge is 2.38. The summed E-state index contributed by atoms with van der Waals surface area (Å²) in [5, 5.41) is 21.3. The number of ether oxygens (including phenoxy) is 1. The van der Waals surface area contributed by atoms with Crippen LogP contribution in [0.5, 0.6) is 5.75 Å². The normalized spacial score (nSPS) is 13.0. The number of fused-ring (bicyclic) bond motifs is 1. The van der Waals surface area contributed by atoms with Crippen LogP contribution in [0.3, 0.4) is 0 Å². The van der Waals surface area contributed by atoms with Crippen molar-refractivity contribution in [2.75, 3.05) is 7.11 Å². The van der Waals surface area contributed by atoms with E-state index in [0.717, 1.165) is 0 Å². The third kappa shape index (κ3) is 1.85. The number of methoxy groups -OCH3 is 1. The van der Waals surface area contributed by atoms with Gasteiger partial charge in [-0.2, -0.15) is 10.0 Å². The summed E-state index contributed by atoms with van der Waals surface area (Å²) in [7, 11) is 1.48. The molecule has 0 atom stereocenters. The van der Waals surface area contributed by atoms with Gasteiger partial charge in [0.1, 0.15) is 11.3 Å². The number of carbonyl (C=O) groups is 1. The molecule has 0 bridgehead atoms. The molecule has 2 aromatic rings. The number of nitrogens with zero attached hydrogens (tertiary/aromatic N) is 2. The van der Waals surface area contributed by atoms with E-state index in [1.807, 2.05) is 6.07 Å². The maximum absolute atomic E-state index is 12.5. The van der Waals surface area contributed by atoms with Gasteiger partial charge in [-0.1, -0.05) is 12.1 Å². The van der Waals surface area contributed by atoms with Crippen LogP contribution in [0.25, 0.3) is 0 Å². The highest BCUT2D eigenvalue weighted by atomic mass is 16.5. The molecule has 2 aromatic carbocycles. The van der Waals surface area contributed by atoms with Crippen LogP contribution in [-0.4, -0.2) is 23.3 Å². The second-order valence-corrected chi connectivity index (χ2v) is 4.52. The summed E-state index contributed by atoms with van der Waals surface area (Å²) in [4.78, 5) is 12.5. The maximum atomic E-state index is 12.5. The zero-order valence-corrected chi connectivity index (χ0v) is 11.2. The summed E-state index contributed by atoms with van der Waals surface area (Å²) in [6.45, 7) is 0. The number of benzene rings is 2. The van der Waals surface area contributed by atoms with Crippen molar-refractivity contribution >= 4 is 17.2 Å². The minimum absolute atomic E-state index is 0.0116. The zero-order chi connectivity index (χ0) is 15.0. The number of ketones is 1. The molecule has 0 unspecified atom stereocenters. The average molecular weight is 278 g/mol. The SMILES string of the molecule is COc1ccccc1C1=[N+]([O-])c2cc(C#N)ccc2C1=O. The lowest BCUT2D eigenvalue weighted by atomic mass is 10.0. The van der Waals surface area contributed by atoms with Gasteiger partial charge in [-0.3, -0.25) is 4.79 Å². The largest absolute Gasteiger partial charge is 0.618 e. The number of Topliss-reactive ketones (excluding diaryl/α,β-unsaturated/α-hetero) is 1. The third-order valence-electron chi connectivity index (χ3n) is 3.37. The van der Waals surface area contributed by atoms with Crippen molar-refractivity contribution in [1.29, 1.82) is 5.26 Å². The first-order valence-corrected chi connectivity index (χ1v) is 6.24. The van der Waals surface area contributed by atoms with Gasteiger partial charge in [-0.25, -0.2) is 0 Å². The predicted octanol–water partition coefficient (Wildman–Crippen LogP) is 2.39. The van der Waals surface area contributed by atoms with Gasteiger partial charge in [0.15, 0.2) is 0 Å². The minimum atomic E-state index is -0.367. The lowest BCUT2D eigenvalue weighted by molar-refractivity contribution is -0.355. The molecule has 5 nitrogen and oxygen atoms in total. The van der Waals surface area contributed by atoms with Crippen LogP contribution >= 0.6 is 0 Å². The van der Waals surface area contributed by atoms with Crippen molar-refractivity contribution in [3.8, 4) is 11.8 Å². The highest BCUT2D eigenvalue weighted by Crippen LogP contribution is 2.31. The quantitative estimate of drug-likeness (QED) is 0.624. The van der Waals surface area contributed by atoms with Crippen molar-refractivity contribution in [1.82, 2.24) is 0 Å². The van der Waals surface area contributed by atoms with Gasteiger partial charge in [0.2, 0.25) is 5.69 Å². The number of nitriles is 1. The molecule has 21 heavy (non-hydrogen) atoms. The van der Waals surface area contributed by atoms with Gasteiger partial charge in [0.05, 0.1) is 24.3 Å². The van der Waals surface area contributed by atoms with E-state index in [1.165, 1.54) is 25.3 Å². The van der Waals surface area contributed by atoms with Crippen LogP contribution in [0.4, 0.5) is 5.69 Å². The second kappa shape index (κ2) is 4.76. The molecular weight excluding hydrogens is 268 g/mol. The fourth-order valence-corrected chi connectivity index (χ4v) is 2.37. The fourth-order valence-electron chi connectivity index (χ4n) is 2.37. The minimum Gasteiger partial charge on any atom is -0.618 e. The highest BCUT2D eigenvalue weighted by molar-refractivity contribution is 6.52. The molecule has 0 aliphatic carbocycles. The van der Waals surface area contributed by atoms with Crippen LogP contribution in [-0.2, 0) is 0 Å². The molecule has 0 aromatic heterocycles. The number of para-hydroxylation sites is 1. The van der Waals surface area contributed by atoms with Crippen LogP contribution < -0.4 is 4.74 Å². The van der Waals surface area contributed by atoms with Crippen LogP contribution in [0, 0.1) is 16.5 Å². The average Bonchev–Trinajstić information content (AvgIpc) is 2.78. The lowest BCUT2D eigenvalue weighted by Gasteiger charge is -2.06. The molecule has 102 valence electrons. The number of carbonyl (C=O) groups excluding carboxylic acids is 1. The van der Waals surface area contributed by atoms with E-state index in [4.69, 9.17) is 10.00 Å². The third-order valence-corrected chi connectivity index (χ3v) is 3.37. The summed E-state index contributed by atoms with van der Waals surface area (Å²) in [5.41, 5.74) is 1.28. The predicted molar refractivity (Wildman–Crippen MR) is 75.9 cm³/mol. The van der Waals surface area contributed by atoms with Crippen molar-refractivity contribution < 1.29 is 14.3 Å². The van der Waals surface area contributed by atoms with E-state index < -0.39 is 0 Å². The Hall–Kier alpha value is -3.13. The molecule has 5 heteroatoms. The topological polar surface area (TPSA) is 76.2 Å². The first kappa shape index (κ1) is 12.9. The molecule has 1 aliphatic rings. The number of hydrogen-bond acceptors (Lipinski definition) is 4. The number of hydrogen-bond donors (Lipinski definition) is 0. The van der Waals surface area contributed by atoms with Crippen molar-refractivity contribution in [2.24, 2.45) is 0 Å². The van der Waals surface area contributed by atoms with E-state index in [-0.39, 0.29) is 17.2 Å². The van der Waals surface area contributed by atoms with Crippen molar-refractivity contribution in [2.45, 2.75) is 0 Å². The molecule has 0 spiro atoms. The first-order valence-electron chi connectivity index (χ1n) is 6.24. The van der Waals surface area contributed by atoms with E-state index in [2.05, 4.69) is 0 Å². The summed E-state index contributed by atoms with van der Waals surface area (Å²) >= 11 is 0. The van der Waals surface area contributed by atoms with E-state index in [9.17, 15) is 10.0 Å². The summed E-state index contributed by atoms with van der Waals surface area (Å²) in [5.74, 6) is 0.0870. The Morgan fingerprint density at radius 2 is 1.95 bits per heavy atom. The van der Waals surface area contributed by atoms with Gasteiger partial charge < -0.3 is 9.94 Å². The molecule has 0 saturated heterocycles. The Kier molecular flexibility index (Phi) is 2.92. The fraction of sp³-hybridized carbons (Fsp3) is 0.0625. The van der Waals surface area contributed by atoms with Gasteiger partial charge in [-0.15, -0.1) is 0 Å². The molecule has 0 fully saturated rings. The Labute approximate surface area is 120 Å². The smallest absolute Gasteiger partial charge is 0.276 e. The van der Waals surface area contributed by atoms with Crippen LogP contribution in [0.1, 0.15) is 21.5 Å². The Bertz CT molecular complexity index is 832. The molecule has 1 heterocycles. The lowest BCUT2D eigenvalue weighted by Crippen LogP contribution is -2.17. The summed E-state index contributed by atoms with van der Waals surface area (Å²) < 4.78 is 5.77. The molecule has 0 radical (unpaired) electrons. The molecular formula is C16H10N2O3. The standard InChI is InChI=1S/C16H10N2O3/c1-21-14-5-3-2-4-12(14)15-16(19)11-7-6-10(9-17)8-13(11)18(15)20/h2-8H,1H3. The van der Waals surface area contributed by atoms with Gasteiger partial charge in [-0.05, 0) is 24.3 Å². The van der Waals surface area contributed by atoms with E-state index in [0.29, 0.717) is 27.2 Å². The Morgan fingerprint density at radius 1 is 1.19 bits per heavy atom.